The molecule has 11 nitrogen and oxygen atoms in total. The molecule has 2 aliphatic heterocycles. The summed E-state index contributed by atoms with van der Waals surface area (Å²) in [5.74, 6) is 1.80. The Balaban J connectivity index is 1.33. The summed E-state index contributed by atoms with van der Waals surface area (Å²) in [6, 6.07) is 7.89. The zero-order valence-corrected chi connectivity index (χ0v) is 23.2. The molecule has 2 aliphatic rings. The Hall–Kier alpha value is -3.70. The number of rotatable bonds is 3. The number of hydrogen-bond donors (Lipinski definition) is 0. The first-order valence-corrected chi connectivity index (χ1v) is 14.1. The third-order valence-corrected chi connectivity index (χ3v) is 7.41. The van der Waals surface area contributed by atoms with Crippen LogP contribution < -0.4 is 4.74 Å². The lowest BCUT2D eigenvalue weighted by atomic mass is 10.2. The number of ether oxygens (including phenoxy) is 2. The summed E-state index contributed by atoms with van der Waals surface area (Å²) in [6.07, 6.45) is 7.28. The van der Waals surface area contributed by atoms with Gasteiger partial charge in [0.1, 0.15) is 11.6 Å². The molecule has 0 spiro atoms. The minimum absolute atomic E-state index is 0.123. The SMILES string of the molecule is Cc1ncoc1C(=O)N1CCCCN(C(=O)CN2CCOCC2)CCCOc2cccc(c2)-c2nccn2CC1. The molecule has 1 aromatic carbocycles. The van der Waals surface area contributed by atoms with Crippen molar-refractivity contribution in [1.82, 2.24) is 29.2 Å². The fourth-order valence-corrected chi connectivity index (χ4v) is 5.13. The van der Waals surface area contributed by atoms with Gasteiger partial charge in [-0.25, -0.2) is 9.97 Å². The van der Waals surface area contributed by atoms with Gasteiger partial charge >= 0.3 is 0 Å². The van der Waals surface area contributed by atoms with E-state index >= 15 is 0 Å². The lowest BCUT2D eigenvalue weighted by molar-refractivity contribution is -0.133. The number of nitrogens with zero attached hydrogens (tertiary/aromatic N) is 6. The zero-order valence-electron chi connectivity index (χ0n) is 23.2. The van der Waals surface area contributed by atoms with E-state index in [9.17, 15) is 9.59 Å². The number of benzene rings is 1. The summed E-state index contributed by atoms with van der Waals surface area (Å²) >= 11 is 0. The summed E-state index contributed by atoms with van der Waals surface area (Å²) in [7, 11) is 0. The number of imidazole rings is 1. The Bertz CT molecular complexity index is 1270. The molecule has 0 saturated carbocycles. The number of fused-ring (bicyclic) bond motifs is 4. The predicted molar refractivity (Wildman–Crippen MR) is 148 cm³/mol. The first-order valence-electron chi connectivity index (χ1n) is 14.1. The van der Waals surface area contributed by atoms with Crippen LogP contribution in [0.25, 0.3) is 11.4 Å². The maximum Gasteiger partial charge on any atom is 0.291 e. The molecule has 2 aromatic heterocycles. The van der Waals surface area contributed by atoms with E-state index in [1.165, 1.54) is 6.39 Å². The third kappa shape index (κ3) is 7.08. The van der Waals surface area contributed by atoms with Gasteiger partial charge in [-0.1, -0.05) is 12.1 Å². The van der Waals surface area contributed by atoms with Crippen molar-refractivity contribution in [1.29, 1.82) is 0 Å². The third-order valence-electron chi connectivity index (χ3n) is 7.41. The van der Waals surface area contributed by atoms with Crippen LogP contribution in [0.15, 0.2) is 47.5 Å². The second kappa shape index (κ2) is 13.6. The van der Waals surface area contributed by atoms with Crippen LogP contribution >= 0.6 is 0 Å². The Labute approximate surface area is 234 Å². The normalized spacial score (nSPS) is 18.0. The molecule has 3 aromatic rings. The number of carbonyl (C=O) groups is 2. The van der Waals surface area contributed by atoms with Crippen molar-refractivity contribution in [3.63, 3.8) is 0 Å². The molecule has 4 heterocycles. The van der Waals surface area contributed by atoms with Gasteiger partial charge in [-0.2, -0.15) is 0 Å². The molecule has 214 valence electrons. The topological polar surface area (TPSA) is 106 Å². The molecule has 0 atom stereocenters. The highest BCUT2D eigenvalue weighted by molar-refractivity contribution is 5.92. The minimum atomic E-state index is -0.176. The summed E-state index contributed by atoms with van der Waals surface area (Å²) in [5.41, 5.74) is 1.52. The molecule has 2 bridgehead atoms. The standard InChI is InChI=1S/C29H38N6O5/c1-23-27(40-22-31-23)29(37)35-10-3-2-9-33(26(36)21-32-15-18-38-19-16-32)11-5-17-39-25-7-4-6-24(20-25)28-30-8-12-34(28)13-14-35/h4,6-8,12,20,22H,2-3,5,9-11,13-19,21H2,1H3. The first-order chi connectivity index (χ1) is 19.6. The molecule has 0 unspecified atom stereocenters. The first kappa shape index (κ1) is 27.9. The second-order valence-corrected chi connectivity index (χ2v) is 10.2. The van der Waals surface area contributed by atoms with Gasteiger partial charge < -0.3 is 28.3 Å². The van der Waals surface area contributed by atoms with E-state index in [0.717, 1.165) is 49.5 Å². The summed E-state index contributed by atoms with van der Waals surface area (Å²) in [6.45, 7) is 8.41. The maximum absolute atomic E-state index is 13.4. The van der Waals surface area contributed by atoms with E-state index in [4.69, 9.17) is 13.9 Å². The fraction of sp³-hybridized carbons (Fsp3) is 0.517. The Morgan fingerprint density at radius 1 is 0.900 bits per heavy atom. The van der Waals surface area contributed by atoms with Crippen molar-refractivity contribution in [3.8, 4) is 17.1 Å². The monoisotopic (exact) mass is 550 g/mol. The van der Waals surface area contributed by atoms with E-state index in [1.807, 2.05) is 40.3 Å². The Morgan fingerprint density at radius 3 is 2.50 bits per heavy atom. The van der Waals surface area contributed by atoms with E-state index in [-0.39, 0.29) is 17.6 Å². The highest BCUT2D eigenvalue weighted by Gasteiger charge is 2.23. The van der Waals surface area contributed by atoms with Crippen LogP contribution in [-0.4, -0.2) is 107 Å². The minimum Gasteiger partial charge on any atom is -0.494 e. The Kier molecular flexibility index (Phi) is 9.46. The van der Waals surface area contributed by atoms with Crippen LogP contribution in [0.2, 0.25) is 0 Å². The van der Waals surface area contributed by atoms with Crippen molar-refractivity contribution in [2.75, 3.05) is 65.6 Å². The summed E-state index contributed by atoms with van der Waals surface area (Å²) < 4.78 is 19.0. The molecule has 11 heteroatoms. The second-order valence-electron chi connectivity index (χ2n) is 10.2. The lowest BCUT2D eigenvalue weighted by Crippen LogP contribution is -2.45. The Morgan fingerprint density at radius 2 is 1.70 bits per heavy atom. The number of hydrogen-bond acceptors (Lipinski definition) is 8. The quantitative estimate of drug-likeness (QED) is 0.490. The average molecular weight is 551 g/mol. The van der Waals surface area contributed by atoms with Crippen molar-refractivity contribution < 1.29 is 23.5 Å². The average Bonchev–Trinajstić information content (AvgIpc) is 3.62. The van der Waals surface area contributed by atoms with Crippen LogP contribution in [0.4, 0.5) is 0 Å². The van der Waals surface area contributed by atoms with Gasteiger partial charge in [0, 0.05) is 63.8 Å². The largest absolute Gasteiger partial charge is 0.494 e. The molecule has 1 fully saturated rings. The fourth-order valence-electron chi connectivity index (χ4n) is 5.13. The van der Waals surface area contributed by atoms with Crippen molar-refractivity contribution >= 4 is 11.8 Å². The molecule has 40 heavy (non-hydrogen) atoms. The van der Waals surface area contributed by atoms with E-state index < -0.39 is 0 Å². The smallest absolute Gasteiger partial charge is 0.291 e. The van der Waals surface area contributed by atoms with E-state index in [0.29, 0.717) is 64.8 Å². The zero-order chi connectivity index (χ0) is 27.7. The van der Waals surface area contributed by atoms with Crippen LogP contribution in [0.1, 0.15) is 35.5 Å². The van der Waals surface area contributed by atoms with Crippen LogP contribution in [0, 0.1) is 6.92 Å². The van der Waals surface area contributed by atoms with Crippen LogP contribution in [0.3, 0.4) is 0 Å². The molecular weight excluding hydrogens is 512 g/mol. The van der Waals surface area contributed by atoms with Crippen molar-refractivity contribution in [3.05, 3.63) is 54.5 Å². The van der Waals surface area contributed by atoms with Gasteiger partial charge in [-0.3, -0.25) is 14.5 Å². The van der Waals surface area contributed by atoms with Crippen LogP contribution in [-0.2, 0) is 16.1 Å². The van der Waals surface area contributed by atoms with Gasteiger partial charge in [0.25, 0.3) is 5.91 Å². The number of morpholine rings is 1. The molecular formula is C29H38N6O5. The lowest BCUT2D eigenvalue weighted by Gasteiger charge is -2.30. The summed E-state index contributed by atoms with van der Waals surface area (Å²) in [4.78, 5) is 41.3. The molecule has 0 radical (unpaired) electrons. The van der Waals surface area contributed by atoms with Gasteiger partial charge in [0.15, 0.2) is 6.39 Å². The van der Waals surface area contributed by atoms with Crippen molar-refractivity contribution in [2.45, 2.75) is 32.7 Å². The number of aromatic nitrogens is 3. The van der Waals surface area contributed by atoms with Gasteiger partial charge in [-0.15, -0.1) is 0 Å². The number of aryl methyl sites for hydroxylation is 1. The van der Waals surface area contributed by atoms with E-state index in [2.05, 4.69) is 19.4 Å². The number of amides is 2. The molecule has 2 amide bonds. The van der Waals surface area contributed by atoms with Crippen molar-refractivity contribution in [2.24, 2.45) is 0 Å². The van der Waals surface area contributed by atoms with Crippen LogP contribution in [0.5, 0.6) is 5.75 Å². The molecule has 5 rings (SSSR count). The number of oxazole rings is 1. The highest BCUT2D eigenvalue weighted by atomic mass is 16.5. The molecule has 1 saturated heterocycles. The number of carbonyl (C=O) groups excluding carboxylic acids is 2. The maximum atomic E-state index is 13.4. The van der Waals surface area contributed by atoms with Gasteiger partial charge in [0.05, 0.1) is 32.1 Å². The van der Waals surface area contributed by atoms with Gasteiger partial charge in [-0.05, 0) is 38.3 Å². The van der Waals surface area contributed by atoms with E-state index in [1.54, 1.807) is 13.1 Å². The highest BCUT2D eigenvalue weighted by Crippen LogP contribution is 2.23. The molecule has 0 aliphatic carbocycles. The predicted octanol–water partition coefficient (Wildman–Crippen LogP) is 2.71. The molecule has 0 N–H and O–H groups in total. The van der Waals surface area contributed by atoms with Gasteiger partial charge in [0.2, 0.25) is 11.7 Å². The summed E-state index contributed by atoms with van der Waals surface area (Å²) in [5, 5.41) is 0.